The lowest BCUT2D eigenvalue weighted by Crippen LogP contribution is -2.37. The Morgan fingerprint density at radius 3 is 2.67 bits per heavy atom. The van der Waals surface area contributed by atoms with Gasteiger partial charge in [-0.25, -0.2) is 0 Å². The zero-order chi connectivity index (χ0) is 14.9. The zero-order valence-electron chi connectivity index (χ0n) is 12.3. The second kappa shape index (κ2) is 5.14. The van der Waals surface area contributed by atoms with Crippen molar-refractivity contribution in [3.8, 4) is 11.8 Å². The highest BCUT2D eigenvalue weighted by Gasteiger charge is 2.33. The summed E-state index contributed by atoms with van der Waals surface area (Å²) < 4.78 is 6.04. The summed E-state index contributed by atoms with van der Waals surface area (Å²) in [7, 11) is 0. The van der Waals surface area contributed by atoms with Crippen molar-refractivity contribution in [2.45, 2.75) is 31.9 Å². The summed E-state index contributed by atoms with van der Waals surface area (Å²) in [5, 5.41) is 12.7. The molecule has 3 nitrogen and oxygen atoms in total. The Hall–Kier alpha value is -2.47. The number of rotatable bonds is 2. The highest BCUT2D eigenvalue weighted by atomic mass is 16.5. The van der Waals surface area contributed by atoms with E-state index in [0.717, 1.165) is 23.4 Å². The predicted octanol–water partition coefficient (Wildman–Crippen LogP) is 4.27. The molecule has 1 aliphatic heterocycles. The quantitative estimate of drug-likeness (QED) is 0.892. The van der Waals surface area contributed by atoms with Crippen LogP contribution in [-0.4, -0.2) is 5.60 Å². The molecule has 0 radical (unpaired) electrons. The first-order chi connectivity index (χ1) is 10.1. The number of nitrogens with zero attached hydrogens (tertiary/aromatic N) is 1. The minimum absolute atomic E-state index is 0.138. The van der Waals surface area contributed by atoms with E-state index < -0.39 is 0 Å². The Balaban J connectivity index is 1.97. The van der Waals surface area contributed by atoms with Crippen LogP contribution in [-0.2, 0) is 0 Å². The number of anilines is 1. The Bertz CT molecular complexity index is 700. The average Bonchev–Trinajstić information content (AvgIpc) is 2.46. The number of nitriles is 1. The van der Waals surface area contributed by atoms with E-state index in [9.17, 15) is 5.26 Å². The molecule has 2 aromatic carbocycles. The standard InChI is InChI=1S/C18H18N2O/c1-18(2)11-16(14-8-4-6-10-17(14)21-18)20-15-9-5-3-7-13(15)12-19/h3-10,16,20H,11H2,1-2H3. The second-order valence-corrected chi connectivity index (χ2v) is 5.96. The van der Waals surface area contributed by atoms with Gasteiger partial charge in [0.1, 0.15) is 17.4 Å². The predicted molar refractivity (Wildman–Crippen MR) is 83.3 cm³/mol. The van der Waals surface area contributed by atoms with E-state index in [1.807, 2.05) is 42.5 Å². The summed E-state index contributed by atoms with van der Waals surface area (Å²) in [6.07, 6.45) is 0.851. The van der Waals surface area contributed by atoms with Crippen LogP contribution in [0, 0.1) is 11.3 Å². The van der Waals surface area contributed by atoms with E-state index in [1.54, 1.807) is 0 Å². The molecule has 3 rings (SSSR count). The molecule has 0 fully saturated rings. The average molecular weight is 278 g/mol. The summed E-state index contributed by atoms with van der Waals surface area (Å²) in [5.74, 6) is 0.917. The third-order valence-electron chi connectivity index (χ3n) is 3.75. The van der Waals surface area contributed by atoms with Crippen molar-refractivity contribution in [3.05, 3.63) is 59.7 Å². The minimum atomic E-state index is -0.229. The number of ether oxygens (including phenoxy) is 1. The van der Waals surface area contributed by atoms with Gasteiger partial charge in [0.05, 0.1) is 17.3 Å². The van der Waals surface area contributed by atoms with Crippen LogP contribution in [0.5, 0.6) is 5.75 Å². The number of hydrogen-bond acceptors (Lipinski definition) is 3. The normalized spacial score (nSPS) is 19.0. The van der Waals surface area contributed by atoms with Gasteiger partial charge >= 0.3 is 0 Å². The van der Waals surface area contributed by atoms with Crippen molar-refractivity contribution in [3.63, 3.8) is 0 Å². The first kappa shape index (κ1) is 13.5. The van der Waals surface area contributed by atoms with Gasteiger partial charge in [-0.1, -0.05) is 30.3 Å². The van der Waals surface area contributed by atoms with Gasteiger partial charge in [0.25, 0.3) is 0 Å². The molecule has 1 unspecified atom stereocenters. The summed E-state index contributed by atoms with van der Waals surface area (Å²) in [5.41, 5.74) is 2.45. The zero-order valence-corrected chi connectivity index (χ0v) is 12.3. The topological polar surface area (TPSA) is 45.0 Å². The van der Waals surface area contributed by atoms with E-state index in [1.165, 1.54) is 0 Å². The van der Waals surface area contributed by atoms with Gasteiger partial charge in [0.15, 0.2) is 0 Å². The van der Waals surface area contributed by atoms with E-state index in [0.29, 0.717) is 5.56 Å². The number of hydrogen-bond donors (Lipinski definition) is 1. The summed E-state index contributed by atoms with van der Waals surface area (Å²) >= 11 is 0. The van der Waals surface area contributed by atoms with Crippen molar-refractivity contribution >= 4 is 5.69 Å². The highest BCUT2D eigenvalue weighted by Crippen LogP contribution is 2.41. The number of nitrogens with one attached hydrogen (secondary N) is 1. The largest absolute Gasteiger partial charge is 0.487 e. The molecule has 0 saturated carbocycles. The molecule has 1 atom stereocenters. The first-order valence-electron chi connectivity index (χ1n) is 7.13. The highest BCUT2D eigenvalue weighted by molar-refractivity contribution is 5.59. The Morgan fingerprint density at radius 2 is 1.86 bits per heavy atom. The second-order valence-electron chi connectivity index (χ2n) is 5.96. The minimum Gasteiger partial charge on any atom is -0.487 e. The van der Waals surface area contributed by atoms with Crippen LogP contribution in [0.15, 0.2) is 48.5 Å². The lowest BCUT2D eigenvalue weighted by molar-refractivity contribution is 0.0759. The third-order valence-corrected chi connectivity index (χ3v) is 3.75. The van der Waals surface area contributed by atoms with E-state index in [-0.39, 0.29) is 11.6 Å². The maximum absolute atomic E-state index is 9.23. The third kappa shape index (κ3) is 2.71. The van der Waals surface area contributed by atoms with E-state index in [2.05, 4.69) is 31.3 Å². The maximum atomic E-state index is 9.23. The molecule has 0 aliphatic carbocycles. The molecule has 0 spiro atoms. The fourth-order valence-electron chi connectivity index (χ4n) is 2.83. The molecule has 3 heteroatoms. The molecular weight excluding hydrogens is 260 g/mol. The van der Waals surface area contributed by atoms with Gasteiger partial charge in [-0.2, -0.15) is 5.26 Å². The van der Waals surface area contributed by atoms with Crippen molar-refractivity contribution in [1.82, 2.24) is 0 Å². The molecule has 0 aromatic heterocycles. The number of para-hydroxylation sites is 2. The molecule has 2 aromatic rings. The van der Waals surface area contributed by atoms with Crippen LogP contribution in [0.1, 0.15) is 37.4 Å². The van der Waals surface area contributed by atoms with Crippen molar-refractivity contribution < 1.29 is 4.74 Å². The van der Waals surface area contributed by atoms with Gasteiger partial charge < -0.3 is 10.1 Å². The molecule has 1 aliphatic rings. The van der Waals surface area contributed by atoms with Crippen LogP contribution >= 0.6 is 0 Å². The lowest BCUT2D eigenvalue weighted by atomic mass is 9.89. The fraction of sp³-hybridized carbons (Fsp3) is 0.278. The van der Waals surface area contributed by atoms with Crippen LogP contribution in [0.3, 0.4) is 0 Å². The van der Waals surface area contributed by atoms with E-state index in [4.69, 9.17) is 4.74 Å². The number of benzene rings is 2. The molecule has 0 amide bonds. The maximum Gasteiger partial charge on any atom is 0.125 e. The van der Waals surface area contributed by atoms with Crippen molar-refractivity contribution in [2.24, 2.45) is 0 Å². The molecule has 21 heavy (non-hydrogen) atoms. The summed E-state index contributed by atoms with van der Waals surface area (Å²) in [4.78, 5) is 0. The lowest BCUT2D eigenvalue weighted by Gasteiger charge is -2.38. The van der Waals surface area contributed by atoms with Gasteiger partial charge in [-0.05, 0) is 32.0 Å². The van der Waals surface area contributed by atoms with Crippen molar-refractivity contribution in [2.75, 3.05) is 5.32 Å². The van der Waals surface area contributed by atoms with Crippen LogP contribution in [0.4, 0.5) is 5.69 Å². The summed E-state index contributed by atoms with van der Waals surface area (Å²) in [6.45, 7) is 4.18. The summed E-state index contributed by atoms with van der Waals surface area (Å²) in [6, 6.07) is 18.1. The van der Waals surface area contributed by atoms with Crippen molar-refractivity contribution in [1.29, 1.82) is 5.26 Å². The Kier molecular flexibility index (Phi) is 3.31. The fourth-order valence-corrected chi connectivity index (χ4v) is 2.83. The molecule has 0 bridgehead atoms. The Morgan fingerprint density at radius 1 is 1.14 bits per heavy atom. The first-order valence-corrected chi connectivity index (χ1v) is 7.13. The molecule has 0 saturated heterocycles. The molecule has 1 heterocycles. The van der Waals surface area contributed by atoms with Gasteiger partial charge in [0.2, 0.25) is 0 Å². The van der Waals surface area contributed by atoms with Crippen LogP contribution in [0.25, 0.3) is 0 Å². The monoisotopic (exact) mass is 278 g/mol. The number of fused-ring (bicyclic) bond motifs is 1. The molecular formula is C18H18N2O. The smallest absolute Gasteiger partial charge is 0.125 e. The SMILES string of the molecule is CC1(C)CC(Nc2ccccc2C#N)c2ccccc2O1. The van der Waals surface area contributed by atoms with Crippen LogP contribution < -0.4 is 10.1 Å². The molecule has 106 valence electrons. The van der Waals surface area contributed by atoms with Crippen LogP contribution in [0.2, 0.25) is 0 Å². The van der Waals surface area contributed by atoms with Gasteiger partial charge in [-0.15, -0.1) is 0 Å². The molecule has 1 N–H and O–H groups in total. The Labute approximate surface area is 125 Å². The van der Waals surface area contributed by atoms with Gasteiger partial charge in [0, 0.05) is 12.0 Å². The van der Waals surface area contributed by atoms with E-state index >= 15 is 0 Å². The van der Waals surface area contributed by atoms with Gasteiger partial charge in [-0.3, -0.25) is 0 Å².